The number of benzene rings is 2. The minimum Gasteiger partial charge on any atom is -0.493 e. The van der Waals surface area contributed by atoms with Crippen molar-refractivity contribution in [3.05, 3.63) is 59.2 Å². The Labute approximate surface area is 151 Å². The van der Waals surface area contributed by atoms with Crippen LogP contribution in [0, 0.1) is 29.6 Å². The van der Waals surface area contributed by atoms with Gasteiger partial charge in [-0.05, 0) is 48.4 Å². The maximum absolute atomic E-state index is 12.3. The minimum absolute atomic E-state index is 0.0424. The van der Waals surface area contributed by atoms with Crippen LogP contribution < -0.4 is 14.8 Å². The van der Waals surface area contributed by atoms with Gasteiger partial charge < -0.3 is 14.8 Å². The predicted octanol–water partition coefficient (Wildman–Crippen LogP) is 3.45. The summed E-state index contributed by atoms with van der Waals surface area (Å²) in [4.78, 5) is 12.3. The van der Waals surface area contributed by atoms with Gasteiger partial charge in [0.15, 0.2) is 18.1 Å². The molecule has 2 aromatic rings. The first-order valence-electron chi connectivity index (χ1n) is 7.75. The summed E-state index contributed by atoms with van der Waals surface area (Å²) in [6, 6.07) is 16.0. The molecule has 2 rings (SSSR count). The number of aryl methyl sites for hydroxylation is 1. The lowest BCUT2D eigenvalue weighted by Crippen LogP contribution is -2.13. The van der Waals surface area contributed by atoms with E-state index in [1.54, 1.807) is 24.3 Å². The lowest BCUT2D eigenvalue weighted by Gasteiger charge is -2.09. The quantitative estimate of drug-likeness (QED) is 0.638. The van der Waals surface area contributed by atoms with Crippen LogP contribution in [0.3, 0.4) is 0 Å². The molecule has 0 heterocycles. The smallest absolute Gasteiger partial charge is 0.266 e. The lowest BCUT2D eigenvalue weighted by molar-refractivity contribution is -0.112. The second-order valence-electron chi connectivity index (χ2n) is 5.35. The van der Waals surface area contributed by atoms with Gasteiger partial charge in [-0.15, -0.1) is 0 Å². The number of carbonyl (C=O) groups is 1. The van der Waals surface area contributed by atoms with Gasteiger partial charge >= 0.3 is 0 Å². The van der Waals surface area contributed by atoms with E-state index in [4.69, 9.17) is 14.7 Å². The van der Waals surface area contributed by atoms with Crippen LogP contribution >= 0.6 is 0 Å². The Morgan fingerprint density at radius 3 is 2.65 bits per heavy atom. The summed E-state index contributed by atoms with van der Waals surface area (Å²) in [5.41, 5.74) is 2.18. The molecule has 0 aliphatic rings. The van der Waals surface area contributed by atoms with Crippen LogP contribution in [0.1, 0.15) is 11.1 Å². The van der Waals surface area contributed by atoms with Gasteiger partial charge in [-0.2, -0.15) is 10.5 Å². The Balaban J connectivity index is 2.23. The summed E-state index contributed by atoms with van der Waals surface area (Å²) >= 11 is 0. The molecule has 26 heavy (non-hydrogen) atoms. The predicted molar refractivity (Wildman–Crippen MR) is 97.5 cm³/mol. The van der Waals surface area contributed by atoms with Crippen molar-refractivity contribution in [1.82, 2.24) is 0 Å². The number of carbonyl (C=O) groups excluding carboxylic acids is 1. The molecule has 2 aromatic carbocycles. The summed E-state index contributed by atoms with van der Waals surface area (Å²) in [7, 11) is 1.47. The molecule has 0 saturated heterocycles. The number of rotatable bonds is 6. The number of methoxy groups -OCH3 is 1. The molecule has 130 valence electrons. The van der Waals surface area contributed by atoms with Gasteiger partial charge in [0, 0.05) is 5.69 Å². The number of hydrogen-bond acceptors (Lipinski definition) is 5. The van der Waals surface area contributed by atoms with E-state index in [9.17, 15) is 10.1 Å². The van der Waals surface area contributed by atoms with Crippen molar-refractivity contribution >= 4 is 17.7 Å². The number of ether oxygens (including phenoxy) is 2. The number of hydrogen-bond donors (Lipinski definition) is 1. The SMILES string of the molecule is COc1cc(/C=C(/C#N)C(=O)Nc2cccc(C)c2)ccc1OCC#N. The molecule has 0 aliphatic heterocycles. The highest BCUT2D eigenvalue weighted by Crippen LogP contribution is 2.29. The highest BCUT2D eigenvalue weighted by Gasteiger charge is 2.11. The van der Waals surface area contributed by atoms with Crippen LogP contribution in [0.4, 0.5) is 5.69 Å². The zero-order valence-corrected chi connectivity index (χ0v) is 14.4. The van der Waals surface area contributed by atoms with Crippen LogP contribution in [0.5, 0.6) is 11.5 Å². The van der Waals surface area contributed by atoms with Crippen LogP contribution in [-0.2, 0) is 4.79 Å². The third kappa shape index (κ3) is 4.86. The molecule has 0 atom stereocenters. The molecule has 6 nitrogen and oxygen atoms in total. The molecule has 0 bridgehead atoms. The molecule has 0 saturated carbocycles. The number of anilines is 1. The van der Waals surface area contributed by atoms with E-state index in [2.05, 4.69) is 5.32 Å². The van der Waals surface area contributed by atoms with Crippen molar-refractivity contribution in [2.75, 3.05) is 19.0 Å². The molecule has 1 N–H and O–H groups in total. The van der Waals surface area contributed by atoms with Crippen molar-refractivity contribution in [3.63, 3.8) is 0 Å². The number of nitriles is 2. The van der Waals surface area contributed by atoms with Gasteiger partial charge in [-0.1, -0.05) is 18.2 Å². The van der Waals surface area contributed by atoms with Crippen LogP contribution in [0.2, 0.25) is 0 Å². The van der Waals surface area contributed by atoms with Gasteiger partial charge in [-0.3, -0.25) is 4.79 Å². The third-order valence-electron chi connectivity index (χ3n) is 3.43. The Bertz CT molecular complexity index is 921. The molecule has 1 amide bonds. The van der Waals surface area contributed by atoms with Crippen molar-refractivity contribution in [3.8, 4) is 23.6 Å². The Morgan fingerprint density at radius 2 is 2.00 bits per heavy atom. The van der Waals surface area contributed by atoms with Gasteiger partial charge in [0.2, 0.25) is 0 Å². The largest absolute Gasteiger partial charge is 0.493 e. The van der Waals surface area contributed by atoms with Crippen molar-refractivity contribution < 1.29 is 14.3 Å². The fraction of sp³-hybridized carbons (Fsp3) is 0.150. The van der Waals surface area contributed by atoms with Gasteiger partial charge in [-0.25, -0.2) is 0 Å². The summed E-state index contributed by atoms with van der Waals surface area (Å²) in [5.74, 6) is 0.321. The van der Waals surface area contributed by atoms with E-state index < -0.39 is 5.91 Å². The van der Waals surface area contributed by atoms with E-state index in [1.165, 1.54) is 13.2 Å². The summed E-state index contributed by atoms with van der Waals surface area (Å²) in [6.07, 6.45) is 1.46. The van der Waals surface area contributed by atoms with Gasteiger partial charge in [0.05, 0.1) is 7.11 Å². The Kier molecular flexibility index (Phi) is 6.36. The Hall–Kier alpha value is -3.77. The second kappa shape index (κ2) is 8.91. The molecule has 0 radical (unpaired) electrons. The summed E-state index contributed by atoms with van der Waals surface area (Å²) in [5, 5.41) is 20.6. The Morgan fingerprint density at radius 1 is 1.19 bits per heavy atom. The molecule has 6 heteroatoms. The normalized spacial score (nSPS) is 10.4. The van der Waals surface area contributed by atoms with Crippen molar-refractivity contribution in [2.24, 2.45) is 0 Å². The fourth-order valence-corrected chi connectivity index (χ4v) is 2.24. The zero-order valence-electron chi connectivity index (χ0n) is 14.4. The first-order chi connectivity index (χ1) is 12.6. The molecular weight excluding hydrogens is 330 g/mol. The van der Waals surface area contributed by atoms with Crippen LogP contribution in [0.15, 0.2) is 48.0 Å². The van der Waals surface area contributed by atoms with Crippen molar-refractivity contribution in [2.45, 2.75) is 6.92 Å². The monoisotopic (exact) mass is 347 g/mol. The van der Waals surface area contributed by atoms with E-state index in [0.29, 0.717) is 22.7 Å². The topological polar surface area (TPSA) is 95.1 Å². The lowest BCUT2D eigenvalue weighted by atomic mass is 10.1. The maximum atomic E-state index is 12.3. The van der Waals surface area contributed by atoms with Crippen LogP contribution in [0.25, 0.3) is 6.08 Å². The third-order valence-corrected chi connectivity index (χ3v) is 3.43. The number of nitrogens with zero attached hydrogens (tertiary/aromatic N) is 2. The second-order valence-corrected chi connectivity index (χ2v) is 5.35. The first-order valence-corrected chi connectivity index (χ1v) is 7.75. The summed E-state index contributed by atoms with van der Waals surface area (Å²) < 4.78 is 10.5. The molecule has 0 fully saturated rings. The molecule has 0 spiro atoms. The highest BCUT2D eigenvalue weighted by atomic mass is 16.5. The molecular formula is C20H17N3O3. The molecule has 0 aliphatic carbocycles. The van der Waals surface area contributed by atoms with E-state index in [0.717, 1.165) is 5.56 Å². The number of amides is 1. The molecule has 0 unspecified atom stereocenters. The standard InChI is InChI=1S/C20H17N3O3/c1-14-4-3-5-17(10-14)23-20(24)16(13-22)11-15-6-7-18(26-9-8-21)19(12-15)25-2/h3-7,10-12H,9H2,1-2H3,(H,23,24)/b16-11-. The van der Waals surface area contributed by atoms with Crippen molar-refractivity contribution in [1.29, 1.82) is 10.5 Å². The van der Waals surface area contributed by atoms with E-state index >= 15 is 0 Å². The maximum Gasteiger partial charge on any atom is 0.266 e. The highest BCUT2D eigenvalue weighted by molar-refractivity contribution is 6.09. The number of nitrogens with one attached hydrogen (secondary N) is 1. The summed E-state index contributed by atoms with van der Waals surface area (Å²) in [6.45, 7) is 1.81. The van der Waals surface area contributed by atoms with Crippen LogP contribution in [-0.4, -0.2) is 19.6 Å². The van der Waals surface area contributed by atoms with E-state index in [-0.39, 0.29) is 12.2 Å². The van der Waals surface area contributed by atoms with Gasteiger partial charge in [0.25, 0.3) is 5.91 Å². The minimum atomic E-state index is -0.498. The average molecular weight is 347 g/mol. The van der Waals surface area contributed by atoms with Gasteiger partial charge in [0.1, 0.15) is 17.7 Å². The zero-order chi connectivity index (χ0) is 18.9. The fourth-order valence-electron chi connectivity index (χ4n) is 2.24. The molecule has 0 aromatic heterocycles. The first kappa shape index (κ1) is 18.6. The average Bonchev–Trinajstić information content (AvgIpc) is 2.64. The van der Waals surface area contributed by atoms with E-state index in [1.807, 2.05) is 37.3 Å².